The van der Waals surface area contributed by atoms with Gasteiger partial charge in [0.15, 0.2) is 5.78 Å². The van der Waals surface area contributed by atoms with Gasteiger partial charge in [0.2, 0.25) is 10.0 Å². The maximum absolute atomic E-state index is 12.4. The fourth-order valence-electron chi connectivity index (χ4n) is 2.03. The van der Waals surface area contributed by atoms with Crippen LogP contribution in [-0.4, -0.2) is 36.3 Å². The molecule has 4 nitrogen and oxygen atoms in total. The van der Waals surface area contributed by atoms with Gasteiger partial charge < -0.3 is 0 Å². The smallest absolute Gasteiger partial charge is 0.217 e. The maximum atomic E-state index is 12.4. The average molecular weight is 279 g/mol. The molecular formula is C14H17NO3S. The Morgan fingerprint density at radius 1 is 1.26 bits per heavy atom. The van der Waals surface area contributed by atoms with Crippen molar-refractivity contribution in [3.63, 3.8) is 0 Å². The number of carbonyl (C=O) groups is 1. The van der Waals surface area contributed by atoms with E-state index in [1.54, 1.807) is 50.3 Å². The van der Waals surface area contributed by atoms with E-state index in [4.69, 9.17) is 0 Å². The van der Waals surface area contributed by atoms with Crippen LogP contribution in [0.5, 0.6) is 0 Å². The van der Waals surface area contributed by atoms with Crippen molar-refractivity contribution in [3.05, 3.63) is 48.0 Å². The van der Waals surface area contributed by atoms with Crippen LogP contribution in [0.3, 0.4) is 0 Å². The summed E-state index contributed by atoms with van der Waals surface area (Å²) < 4.78 is 25.7. The van der Waals surface area contributed by atoms with E-state index in [1.807, 2.05) is 6.07 Å². The zero-order valence-corrected chi connectivity index (χ0v) is 11.8. The molecule has 102 valence electrons. The molecule has 0 bridgehead atoms. The van der Waals surface area contributed by atoms with Gasteiger partial charge in [0.1, 0.15) is 6.04 Å². The maximum Gasteiger partial charge on any atom is 0.217 e. The summed E-state index contributed by atoms with van der Waals surface area (Å²) in [4.78, 5) is 12.4. The third-order valence-electron chi connectivity index (χ3n) is 3.16. The molecule has 0 amide bonds. The normalized spacial score (nSPS) is 20.1. The van der Waals surface area contributed by atoms with E-state index in [2.05, 4.69) is 0 Å². The number of hydrogen-bond donors (Lipinski definition) is 0. The van der Waals surface area contributed by atoms with Gasteiger partial charge in [-0.1, -0.05) is 42.5 Å². The van der Waals surface area contributed by atoms with E-state index < -0.39 is 21.3 Å². The summed E-state index contributed by atoms with van der Waals surface area (Å²) in [7, 11) is -3.43. The molecule has 2 rings (SSSR count). The minimum Gasteiger partial charge on any atom is -0.292 e. The number of carbonyl (C=O) groups excluding carboxylic acids is 1. The molecule has 1 aliphatic heterocycles. The molecule has 0 saturated carbocycles. The number of ketones is 1. The Morgan fingerprint density at radius 3 is 2.47 bits per heavy atom. The number of Topliss-reactive ketones (excluding diaryl/α,β-unsaturated/α-hetero) is 1. The molecule has 0 N–H and O–H groups in total. The van der Waals surface area contributed by atoms with Crippen molar-refractivity contribution in [2.24, 2.45) is 0 Å². The highest BCUT2D eigenvalue weighted by Crippen LogP contribution is 2.21. The number of benzene rings is 1. The minimum absolute atomic E-state index is 0.182. The highest BCUT2D eigenvalue weighted by Gasteiger charge is 2.37. The molecule has 1 unspecified atom stereocenters. The molecule has 0 radical (unpaired) electrons. The van der Waals surface area contributed by atoms with Crippen LogP contribution in [0.2, 0.25) is 0 Å². The predicted molar refractivity (Wildman–Crippen MR) is 74.5 cm³/mol. The summed E-state index contributed by atoms with van der Waals surface area (Å²) in [6.45, 7) is 3.51. The summed E-state index contributed by atoms with van der Waals surface area (Å²) in [6, 6.07) is 8.06. The lowest BCUT2D eigenvalue weighted by Crippen LogP contribution is -2.44. The molecule has 0 saturated heterocycles. The fraction of sp³-hybridized carbons (Fsp3) is 0.357. The van der Waals surface area contributed by atoms with Crippen molar-refractivity contribution in [1.82, 2.24) is 4.31 Å². The van der Waals surface area contributed by atoms with Crippen LogP contribution in [0, 0.1) is 0 Å². The molecule has 1 aromatic rings. The number of sulfonamides is 1. The average Bonchev–Trinajstić information content (AvgIpc) is 2.88. The quantitative estimate of drug-likeness (QED) is 0.624. The molecule has 1 atom stereocenters. The van der Waals surface area contributed by atoms with Gasteiger partial charge in [0, 0.05) is 12.1 Å². The molecule has 1 aliphatic rings. The van der Waals surface area contributed by atoms with Gasteiger partial charge in [-0.25, -0.2) is 8.42 Å². The van der Waals surface area contributed by atoms with E-state index in [0.29, 0.717) is 5.56 Å². The number of hydrogen-bond acceptors (Lipinski definition) is 3. The highest BCUT2D eigenvalue weighted by molar-refractivity contribution is 7.89. The highest BCUT2D eigenvalue weighted by atomic mass is 32.2. The summed E-state index contributed by atoms with van der Waals surface area (Å²) in [5.41, 5.74) is 0.531. The van der Waals surface area contributed by atoms with Crippen molar-refractivity contribution >= 4 is 15.8 Å². The van der Waals surface area contributed by atoms with Crippen LogP contribution in [-0.2, 0) is 10.0 Å². The largest absolute Gasteiger partial charge is 0.292 e. The van der Waals surface area contributed by atoms with Crippen LogP contribution < -0.4 is 0 Å². The second-order valence-corrected chi connectivity index (χ2v) is 7.21. The molecule has 0 spiro atoms. The molecule has 1 aromatic carbocycles. The van der Waals surface area contributed by atoms with Gasteiger partial charge in [-0.05, 0) is 13.8 Å². The van der Waals surface area contributed by atoms with Gasteiger partial charge in [0.05, 0.1) is 5.25 Å². The Bertz CT molecular complexity index is 590. The molecule has 0 fully saturated rings. The Labute approximate surface area is 113 Å². The second-order valence-electron chi connectivity index (χ2n) is 4.77. The first-order valence-corrected chi connectivity index (χ1v) is 7.71. The Hall–Kier alpha value is -1.46. The Kier molecular flexibility index (Phi) is 3.87. The molecule has 0 aromatic heterocycles. The number of nitrogens with zero attached hydrogens (tertiary/aromatic N) is 1. The number of rotatable bonds is 4. The predicted octanol–water partition coefficient (Wildman–Crippen LogP) is 1.85. The van der Waals surface area contributed by atoms with Gasteiger partial charge in [-0.15, -0.1) is 0 Å². The molecular weight excluding hydrogens is 262 g/mol. The van der Waals surface area contributed by atoms with Crippen molar-refractivity contribution < 1.29 is 13.2 Å². The lowest BCUT2D eigenvalue weighted by atomic mass is 10.1. The third kappa shape index (κ3) is 2.62. The van der Waals surface area contributed by atoms with E-state index in [9.17, 15) is 13.2 Å². The van der Waals surface area contributed by atoms with Gasteiger partial charge >= 0.3 is 0 Å². The first kappa shape index (κ1) is 14.0. The SMILES string of the molecule is CC(C)S(=O)(=O)N1CC=CC1C(=O)c1ccccc1. The summed E-state index contributed by atoms with van der Waals surface area (Å²) >= 11 is 0. The first-order chi connectivity index (χ1) is 8.94. The minimum atomic E-state index is -3.43. The first-order valence-electron chi connectivity index (χ1n) is 6.21. The molecule has 0 aliphatic carbocycles. The van der Waals surface area contributed by atoms with Crippen LogP contribution in [0.15, 0.2) is 42.5 Å². The standard InChI is InChI=1S/C14H17NO3S/c1-11(2)19(17,18)15-10-6-9-13(15)14(16)12-7-4-3-5-8-12/h3-9,11,13H,10H2,1-2H3. The topological polar surface area (TPSA) is 54.5 Å². The Morgan fingerprint density at radius 2 is 1.89 bits per heavy atom. The summed E-state index contributed by atoms with van der Waals surface area (Å²) in [5, 5.41) is -0.529. The summed E-state index contributed by atoms with van der Waals surface area (Å²) in [5.74, 6) is -0.182. The van der Waals surface area contributed by atoms with Gasteiger partial charge in [0.25, 0.3) is 0 Å². The van der Waals surface area contributed by atoms with E-state index in [-0.39, 0.29) is 12.3 Å². The lowest BCUT2D eigenvalue weighted by molar-refractivity contribution is 0.0937. The lowest BCUT2D eigenvalue weighted by Gasteiger charge is -2.25. The third-order valence-corrected chi connectivity index (χ3v) is 5.38. The zero-order chi connectivity index (χ0) is 14.0. The fourth-order valence-corrected chi connectivity index (χ4v) is 3.35. The van der Waals surface area contributed by atoms with E-state index in [0.717, 1.165) is 0 Å². The monoisotopic (exact) mass is 279 g/mol. The zero-order valence-electron chi connectivity index (χ0n) is 11.0. The van der Waals surface area contributed by atoms with Crippen LogP contribution in [0.25, 0.3) is 0 Å². The van der Waals surface area contributed by atoms with Crippen molar-refractivity contribution in [2.45, 2.75) is 25.1 Å². The molecule has 19 heavy (non-hydrogen) atoms. The van der Waals surface area contributed by atoms with E-state index >= 15 is 0 Å². The van der Waals surface area contributed by atoms with Gasteiger partial charge in [-0.3, -0.25) is 4.79 Å². The molecule has 1 heterocycles. The van der Waals surface area contributed by atoms with Crippen molar-refractivity contribution in [2.75, 3.05) is 6.54 Å². The van der Waals surface area contributed by atoms with Crippen molar-refractivity contribution in [3.8, 4) is 0 Å². The molecule has 5 heteroatoms. The second kappa shape index (κ2) is 5.27. The van der Waals surface area contributed by atoms with Crippen LogP contribution in [0.1, 0.15) is 24.2 Å². The van der Waals surface area contributed by atoms with Crippen LogP contribution >= 0.6 is 0 Å². The summed E-state index contributed by atoms with van der Waals surface area (Å²) in [6.07, 6.45) is 3.39. The Balaban J connectivity index is 2.30. The van der Waals surface area contributed by atoms with Crippen LogP contribution in [0.4, 0.5) is 0 Å². The van der Waals surface area contributed by atoms with E-state index in [1.165, 1.54) is 4.31 Å². The van der Waals surface area contributed by atoms with Gasteiger partial charge in [-0.2, -0.15) is 4.31 Å². The van der Waals surface area contributed by atoms with Crippen molar-refractivity contribution in [1.29, 1.82) is 0 Å².